The third-order valence-electron chi connectivity index (χ3n) is 3.72. The molecule has 1 N–H and O–H groups in total. The van der Waals surface area contributed by atoms with Crippen LogP contribution in [0.4, 0.5) is 0 Å². The molecule has 0 aliphatic heterocycles. The lowest BCUT2D eigenvalue weighted by Gasteiger charge is -2.19. The molecule has 0 radical (unpaired) electrons. The summed E-state index contributed by atoms with van der Waals surface area (Å²) in [5.74, 6) is 0. The second-order valence-corrected chi connectivity index (χ2v) is 10.1. The zero-order valence-corrected chi connectivity index (χ0v) is 13.4. The van der Waals surface area contributed by atoms with Crippen molar-refractivity contribution in [3.05, 3.63) is 77.5 Å². The first-order chi connectivity index (χ1) is 9.50. The van der Waals surface area contributed by atoms with Crippen molar-refractivity contribution in [3.63, 3.8) is 0 Å². The summed E-state index contributed by atoms with van der Waals surface area (Å²) in [4.78, 5) is 0. The molecule has 20 heavy (non-hydrogen) atoms. The molecule has 0 heterocycles. The molecule has 2 heteroatoms. The van der Waals surface area contributed by atoms with E-state index < -0.39 is 14.2 Å². The van der Waals surface area contributed by atoms with Gasteiger partial charge in [0.15, 0.2) is 0 Å². The van der Waals surface area contributed by atoms with Crippen LogP contribution in [0.15, 0.2) is 66.4 Å². The Morgan fingerprint density at radius 1 is 0.950 bits per heavy atom. The van der Waals surface area contributed by atoms with Crippen molar-refractivity contribution in [2.24, 2.45) is 0 Å². The highest BCUT2D eigenvalue weighted by molar-refractivity contribution is 6.93. The van der Waals surface area contributed by atoms with E-state index in [0.717, 1.165) is 11.1 Å². The Morgan fingerprint density at radius 2 is 1.55 bits per heavy atom. The standard InChI is InChI=1S/C18H22OSi/c1-15-9-7-8-12-17(15)18(19)13-14-20(2,3)16-10-5-4-6-11-16/h4-14,18-19H,1-3H3/b14-13+. The van der Waals surface area contributed by atoms with Gasteiger partial charge in [0.2, 0.25) is 0 Å². The summed E-state index contributed by atoms with van der Waals surface area (Å²) in [7, 11) is -1.63. The predicted octanol–water partition coefficient (Wildman–Crippen LogP) is 3.74. The molecule has 1 nitrogen and oxygen atoms in total. The number of aliphatic hydroxyl groups excluding tert-OH is 1. The van der Waals surface area contributed by atoms with Crippen LogP contribution in [-0.2, 0) is 0 Å². The third-order valence-corrected chi connectivity index (χ3v) is 6.57. The zero-order chi connectivity index (χ0) is 14.6. The van der Waals surface area contributed by atoms with E-state index >= 15 is 0 Å². The third kappa shape index (κ3) is 3.47. The Labute approximate surface area is 122 Å². The topological polar surface area (TPSA) is 20.2 Å². The smallest absolute Gasteiger partial charge is 0.103 e. The van der Waals surface area contributed by atoms with Gasteiger partial charge in [-0.2, -0.15) is 0 Å². The van der Waals surface area contributed by atoms with E-state index in [-0.39, 0.29) is 0 Å². The predicted molar refractivity (Wildman–Crippen MR) is 88.8 cm³/mol. The van der Waals surface area contributed by atoms with E-state index in [4.69, 9.17) is 0 Å². The maximum atomic E-state index is 10.3. The first-order valence-corrected chi connectivity index (χ1v) is 10.1. The molecule has 0 aromatic heterocycles. The van der Waals surface area contributed by atoms with Crippen LogP contribution < -0.4 is 5.19 Å². The van der Waals surface area contributed by atoms with Crippen molar-refractivity contribution in [1.29, 1.82) is 0 Å². The first-order valence-electron chi connectivity index (χ1n) is 6.99. The summed E-state index contributed by atoms with van der Waals surface area (Å²) in [6.45, 7) is 6.62. The van der Waals surface area contributed by atoms with Crippen molar-refractivity contribution in [2.75, 3.05) is 0 Å². The van der Waals surface area contributed by atoms with Gasteiger partial charge in [-0.05, 0) is 18.1 Å². The Bertz CT molecular complexity index is 587. The molecule has 1 atom stereocenters. The summed E-state index contributed by atoms with van der Waals surface area (Å²) < 4.78 is 0. The van der Waals surface area contributed by atoms with Gasteiger partial charge >= 0.3 is 0 Å². The lowest BCUT2D eigenvalue weighted by atomic mass is 10.0. The molecule has 0 amide bonds. The van der Waals surface area contributed by atoms with Gasteiger partial charge < -0.3 is 5.11 Å². The average Bonchev–Trinajstić information content (AvgIpc) is 2.46. The van der Waals surface area contributed by atoms with E-state index in [1.807, 2.05) is 43.3 Å². The molecule has 2 aromatic rings. The molecular weight excluding hydrogens is 260 g/mol. The van der Waals surface area contributed by atoms with E-state index in [0.29, 0.717) is 0 Å². The van der Waals surface area contributed by atoms with Gasteiger partial charge in [-0.3, -0.25) is 0 Å². The van der Waals surface area contributed by atoms with Crippen molar-refractivity contribution in [2.45, 2.75) is 26.1 Å². The Morgan fingerprint density at radius 3 is 2.20 bits per heavy atom. The second kappa shape index (κ2) is 6.20. The molecule has 2 rings (SSSR count). The summed E-state index contributed by atoms with van der Waals surface area (Å²) >= 11 is 0. The number of hydrogen-bond donors (Lipinski definition) is 1. The molecule has 0 spiro atoms. The minimum absolute atomic E-state index is 0.522. The first kappa shape index (κ1) is 14.8. The molecule has 0 fully saturated rings. The van der Waals surface area contributed by atoms with E-state index in [9.17, 15) is 5.11 Å². The molecule has 0 saturated heterocycles. The van der Waals surface area contributed by atoms with E-state index in [1.165, 1.54) is 5.19 Å². The molecule has 0 saturated carbocycles. The van der Waals surface area contributed by atoms with Crippen LogP contribution >= 0.6 is 0 Å². The van der Waals surface area contributed by atoms with Crippen LogP contribution in [0, 0.1) is 6.92 Å². The number of hydrogen-bond acceptors (Lipinski definition) is 1. The van der Waals surface area contributed by atoms with Crippen LogP contribution in [0.5, 0.6) is 0 Å². The zero-order valence-electron chi connectivity index (χ0n) is 12.4. The SMILES string of the molecule is Cc1ccccc1C(O)/C=C/[Si](C)(C)c1ccccc1. The largest absolute Gasteiger partial charge is 0.384 e. The van der Waals surface area contributed by atoms with Crippen LogP contribution in [0.3, 0.4) is 0 Å². The Kier molecular flexibility index (Phi) is 4.58. The lowest BCUT2D eigenvalue weighted by molar-refractivity contribution is 0.228. The maximum Gasteiger partial charge on any atom is 0.103 e. The van der Waals surface area contributed by atoms with Gasteiger partial charge in [0.25, 0.3) is 0 Å². The summed E-state index contributed by atoms with van der Waals surface area (Å²) in [5, 5.41) is 11.7. The minimum Gasteiger partial charge on any atom is -0.384 e. The highest BCUT2D eigenvalue weighted by Gasteiger charge is 2.20. The molecular formula is C18H22OSi. The quantitative estimate of drug-likeness (QED) is 0.847. The molecule has 0 aliphatic rings. The molecule has 0 aliphatic carbocycles. The van der Waals surface area contributed by atoms with Gasteiger partial charge in [-0.1, -0.05) is 84.7 Å². The summed E-state index contributed by atoms with van der Waals surface area (Å²) in [6.07, 6.45) is 1.42. The molecule has 2 aromatic carbocycles. The van der Waals surface area contributed by atoms with Crippen molar-refractivity contribution in [3.8, 4) is 0 Å². The van der Waals surface area contributed by atoms with Crippen molar-refractivity contribution in [1.82, 2.24) is 0 Å². The van der Waals surface area contributed by atoms with E-state index in [1.54, 1.807) is 0 Å². The molecule has 0 bridgehead atoms. The number of rotatable bonds is 4. The minimum atomic E-state index is -1.63. The molecule has 1 unspecified atom stereocenters. The monoisotopic (exact) mass is 282 g/mol. The van der Waals surface area contributed by atoms with Gasteiger partial charge in [0.1, 0.15) is 8.07 Å². The van der Waals surface area contributed by atoms with Crippen LogP contribution in [0.1, 0.15) is 17.2 Å². The lowest BCUT2D eigenvalue weighted by Crippen LogP contribution is -2.39. The van der Waals surface area contributed by atoms with Gasteiger partial charge in [0.05, 0.1) is 6.10 Å². The number of benzene rings is 2. The van der Waals surface area contributed by atoms with E-state index in [2.05, 4.69) is 43.1 Å². The van der Waals surface area contributed by atoms with Crippen molar-refractivity contribution < 1.29 is 5.11 Å². The van der Waals surface area contributed by atoms with Crippen LogP contribution in [0.2, 0.25) is 13.1 Å². The number of aryl methyl sites for hydroxylation is 1. The van der Waals surface area contributed by atoms with Gasteiger partial charge in [0, 0.05) is 0 Å². The Balaban J connectivity index is 2.19. The maximum absolute atomic E-state index is 10.3. The fraction of sp³-hybridized carbons (Fsp3) is 0.222. The highest BCUT2D eigenvalue weighted by Crippen LogP contribution is 2.19. The highest BCUT2D eigenvalue weighted by atomic mass is 28.3. The second-order valence-electron chi connectivity index (χ2n) is 5.75. The van der Waals surface area contributed by atoms with Crippen molar-refractivity contribution >= 4 is 13.3 Å². The van der Waals surface area contributed by atoms with Crippen LogP contribution in [-0.4, -0.2) is 13.2 Å². The summed E-state index contributed by atoms with van der Waals surface area (Å²) in [5.41, 5.74) is 4.34. The average molecular weight is 282 g/mol. The van der Waals surface area contributed by atoms with Gasteiger partial charge in [-0.15, -0.1) is 0 Å². The summed E-state index contributed by atoms with van der Waals surface area (Å²) in [6, 6.07) is 18.5. The fourth-order valence-electron chi connectivity index (χ4n) is 2.32. The fourth-order valence-corrected chi connectivity index (χ4v) is 4.23. The number of aliphatic hydroxyl groups is 1. The Hall–Kier alpha value is -1.64. The molecule has 104 valence electrons. The van der Waals surface area contributed by atoms with Crippen LogP contribution in [0.25, 0.3) is 0 Å². The van der Waals surface area contributed by atoms with Gasteiger partial charge in [-0.25, -0.2) is 0 Å². The normalized spacial score (nSPS) is 13.6.